The Labute approximate surface area is 159 Å². The van der Waals surface area contributed by atoms with E-state index < -0.39 is 21.7 Å². The molecule has 1 atom stereocenters. The van der Waals surface area contributed by atoms with Gasteiger partial charge in [-0.15, -0.1) is 0 Å². The molecular weight excluding hydrogens is 369 g/mol. The van der Waals surface area contributed by atoms with Crippen LogP contribution in [-0.4, -0.2) is 38.5 Å². The highest BCUT2D eigenvalue weighted by Gasteiger charge is 2.44. The summed E-state index contributed by atoms with van der Waals surface area (Å²) in [4.78, 5) is 0.137. The number of nitrogens with zero attached hydrogens (tertiary/aromatic N) is 1. The predicted molar refractivity (Wildman–Crippen MR) is 101 cm³/mol. The molecule has 0 spiro atoms. The first-order chi connectivity index (χ1) is 12.6. The third-order valence-corrected chi connectivity index (χ3v) is 6.87. The van der Waals surface area contributed by atoms with Crippen LogP contribution < -0.4 is 4.74 Å². The molecule has 0 N–H and O–H groups in total. The van der Waals surface area contributed by atoms with Crippen molar-refractivity contribution in [3.8, 4) is 5.75 Å². The second-order valence-corrected chi connectivity index (χ2v) is 9.18. The van der Waals surface area contributed by atoms with Crippen LogP contribution in [0.4, 0.5) is 4.39 Å². The molecule has 2 aromatic rings. The van der Waals surface area contributed by atoms with E-state index in [9.17, 15) is 12.8 Å². The Morgan fingerprint density at radius 1 is 1.19 bits per heavy atom. The van der Waals surface area contributed by atoms with E-state index in [1.807, 2.05) is 26.8 Å². The summed E-state index contributed by atoms with van der Waals surface area (Å²) in [7, 11) is -2.38. The fourth-order valence-electron chi connectivity index (χ4n) is 3.23. The number of ether oxygens (including phenoxy) is 2. The molecule has 3 rings (SSSR count). The van der Waals surface area contributed by atoms with Gasteiger partial charge >= 0.3 is 0 Å². The van der Waals surface area contributed by atoms with Crippen molar-refractivity contribution < 1.29 is 22.3 Å². The smallest absolute Gasteiger partial charge is 0.247 e. The SMILES string of the molecule is COc1ccc(C)cc1S(=O)(=O)N1CC(c2ccc(F)cc2)OCC1(C)C. The van der Waals surface area contributed by atoms with Gasteiger partial charge in [0.25, 0.3) is 0 Å². The number of sulfonamides is 1. The summed E-state index contributed by atoms with van der Waals surface area (Å²) in [6.45, 7) is 5.85. The summed E-state index contributed by atoms with van der Waals surface area (Å²) < 4.78 is 52.9. The van der Waals surface area contributed by atoms with Gasteiger partial charge in [0, 0.05) is 6.54 Å². The zero-order chi connectivity index (χ0) is 19.8. The minimum absolute atomic E-state index is 0.137. The molecule has 1 heterocycles. The number of halogens is 1. The van der Waals surface area contributed by atoms with Crippen LogP contribution in [0, 0.1) is 12.7 Å². The second kappa shape index (κ2) is 7.22. The van der Waals surface area contributed by atoms with Crippen LogP contribution in [0.25, 0.3) is 0 Å². The molecule has 1 saturated heterocycles. The summed E-state index contributed by atoms with van der Waals surface area (Å²) in [6.07, 6.45) is -0.468. The molecule has 5 nitrogen and oxygen atoms in total. The van der Waals surface area contributed by atoms with Gasteiger partial charge in [-0.3, -0.25) is 0 Å². The van der Waals surface area contributed by atoms with E-state index in [2.05, 4.69) is 0 Å². The van der Waals surface area contributed by atoms with Crippen molar-refractivity contribution in [1.29, 1.82) is 0 Å². The molecule has 1 unspecified atom stereocenters. The Hall–Kier alpha value is -1.96. The van der Waals surface area contributed by atoms with Gasteiger partial charge in [0.1, 0.15) is 16.5 Å². The normalized spacial score (nSPS) is 20.4. The Morgan fingerprint density at radius 3 is 2.48 bits per heavy atom. The van der Waals surface area contributed by atoms with Crippen LogP contribution in [0.5, 0.6) is 5.75 Å². The lowest BCUT2D eigenvalue weighted by Gasteiger charge is -2.44. The fraction of sp³-hybridized carbons (Fsp3) is 0.400. The van der Waals surface area contributed by atoms with E-state index in [0.717, 1.165) is 11.1 Å². The highest BCUT2D eigenvalue weighted by molar-refractivity contribution is 7.89. The number of rotatable bonds is 4. The van der Waals surface area contributed by atoms with E-state index >= 15 is 0 Å². The fourth-order valence-corrected chi connectivity index (χ4v) is 5.25. The first-order valence-electron chi connectivity index (χ1n) is 8.70. The van der Waals surface area contributed by atoms with Crippen LogP contribution in [0.3, 0.4) is 0 Å². The highest BCUT2D eigenvalue weighted by atomic mass is 32.2. The molecule has 7 heteroatoms. The van der Waals surface area contributed by atoms with Crippen molar-refractivity contribution in [2.75, 3.05) is 20.3 Å². The van der Waals surface area contributed by atoms with E-state index in [1.165, 1.54) is 23.5 Å². The minimum atomic E-state index is -3.83. The number of benzene rings is 2. The summed E-state index contributed by atoms with van der Waals surface area (Å²) in [5.41, 5.74) is 0.836. The van der Waals surface area contributed by atoms with Crippen molar-refractivity contribution in [1.82, 2.24) is 4.31 Å². The quantitative estimate of drug-likeness (QED) is 0.795. The maximum Gasteiger partial charge on any atom is 0.247 e. The Kier molecular flexibility index (Phi) is 5.29. The molecule has 1 aliphatic heterocycles. The maximum absolute atomic E-state index is 13.5. The van der Waals surface area contributed by atoms with E-state index in [0.29, 0.717) is 5.75 Å². The van der Waals surface area contributed by atoms with Gasteiger partial charge in [-0.05, 0) is 56.2 Å². The second-order valence-electron chi connectivity index (χ2n) is 7.35. The molecule has 1 fully saturated rings. The lowest BCUT2D eigenvalue weighted by Crippen LogP contribution is -2.56. The summed E-state index contributed by atoms with van der Waals surface area (Å²) >= 11 is 0. The van der Waals surface area contributed by atoms with Gasteiger partial charge < -0.3 is 9.47 Å². The van der Waals surface area contributed by atoms with Gasteiger partial charge in [0.2, 0.25) is 10.0 Å². The summed E-state index contributed by atoms with van der Waals surface area (Å²) in [6, 6.07) is 11.0. The summed E-state index contributed by atoms with van der Waals surface area (Å²) in [5.74, 6) is -0.0370. The molecule has 0 aliphatic carbocycles. The van der Waals surface area contributed by atoms with Gasteiger partial charge in [0.15, 0.2) is 0 Å². The molecule has 0 aromatic heterocycles. The molecule has 146 valence electrons. The van der Waals surface area contributed by atoms with Crippen LogP contribution in [0.15, 0.2) is 47.4 Å². The lowest BCUT2D eigenvalue weighted by molar-refractivity contribution is -0.0655. The van der Waals surface area contributed by atoms with Gasteiger partial charge in [-0.2, -0.15) is 4.31 Å². The molecule has 0 amide bonds. The average molecular weight is 393 g/mol. The number of hydrogen-bond donors (Lipinski definition) is 0. The third-order valence-electron chi connectivity index (χ3n) is 4.77. The highest BCUT2D eigenvalue weighted by Crippen LogP contribution is 2.37. The molecule has 0 radical (unpaired) electrons. The van der Waals surface area contributed by atoms with Crippen molar-refractivity contribution in [3.05, 3.63) is 59.4 Å². The van der Waals surface area contributed by atoms with Gasteiger partial charge in [-0.25, -0.2) is 12.8 Å². The van der Waals surface area contributed by atoms with Crippen LogP contribution in [-0.2, 0) is 14.8 Å². The zero-order valence-corrected chi connectivity index (χ0v) is 16.7. The van der Waals surface area contributed by atoms with Gasteiger partial charge in [0.05, 0.1) is 25.4 Å². The predicted octanol–water partition coefficient (Wildman–Crippen LogP) is 3.68. The van der Waals surface area contributed by atoms with E-state index in [1.54, 1.807) is 24.3 Å². The average Bonchev–Trinajstić information content (AvgIpc) is 2.62. The first kappa shape index (κ1) is 19.8. The van der Waals surface area contributed by atoms with Crippen molar-refractivity contribution in [2.24, 2.45) is 0 Å². The van der Waals surface area contributed by atoms with Crippen molar-refractivity contribution >= 4 is 10.0 Å². The number of hydrogen-bond acceptors (Lipinski definition) is 4. The lowest BCUT2D eigenvalue weighted by atomic mass is 10.0. The molecule has 1 aliphatic rings. The van der Waals surface area contributed by atoms with E-state index in [-0.39, 0.29) is 23.9 Å². The van der Waals surface area contributed by atoms with Gasteiger partial charge in [-0.1, -0.05) is 18.2 Å². The third kappa shape index (κ3) is 3.85. The van der Waals surface area contributed by atoms with Crippen LogP contribution in [0.2, 0.25) is 0 Å². The topological polar surface area (TPSA) is 55.8 Å². The molecule has 0 bridgehead atoms. The van der Waals surface area contributed by atoms with Crippen molar-refractivity contribution in [3.63, 3.8) is 0 Å². The molecule has 2 aromatic carbocycles. The monoisotopic (exact) mass is 393 g/mol. The Balaban J connectivity index is 2.01. The molecule has 27 heavy (non-hydrogen) atoms. The Morgan fingerprint density at radius 2 is 1.85 bits per heavy atom. The first-order valence-corrected chi connectivity index (χ1v) is 10.1. The van der Waals surface area contributed by atoms with Crippen LogP contribution in [0.1, 0.15) is 31.1 Å². The minimum Gasteiger partial charge on any atom is -0.495 e. The number of morpholine rings is 1. The standard InChI is InChI=1S/C20H24FNO4S/c1-14-5-10-17(25-4)19(11-14)27(23,24)22-12-18(26-13-20(22,2)3)15-6-8-16(21)9-7-15/h5-11,18H,12-13H2,1-4H3. The zero-order valence-electron chi connectivity index (χ0n) is 15.9. The van der Waals surface area contributed by atoms with E-state index in [4.69, 9.17) is 9.47 Å². The number of methoxy groups -OCH3 is 1. The number of aryl methyl sites for hydroxylation is 1. The molecule has 0 saturated carbocycles. The maximum atomic E-state index is 13.5. The largest absolute Gasteiger partial charge is 0.495 e. The van der Waals surface area contributed by atoms with Crippen molar-refractivity contribution in [2.45, 2.75) is 37.3 Å². The Bertz CT molecular complexity index is 925. The molecular formula is C20H24FNO4S. The summed E-state index contributed by atoms with van der Waals surface area (Å²) in [5, 5.41) is 0. The van der Waals surface area contributed by atoms with Crippen LogP contribution >= 0.6 is 0 Å².